The first-order valence-electron chi connectivity index (χ1n) is 5.89. The Morgan fingerprint density at radius 1 is 1.41 bits per heavy atom. The minimum Gasteiger partial charge on any atom is -0.490 e. The first kappa shape index (κ1) is 11.9. The third-order valence-electron chi connectivity index (χ3n) is 3.05. The molecule has 1 atom stereocenters. The van der Waals surface area contributed by atoms with Gasteiger partial charge < -0.3 is 15.6 Å². The largest absolute Gasteiger partial charge is 0.490 e. The highest BCUT2D eigenvalue weighted by Crippen LogP contribution is 2.25. The minimum absolute atomic E-state index is 0.346. The van der Waals surface area contributed by atoms with Crippen LogP contribution in [0, 0.1) is 0 Å². The molecule has 4 nitrogen and oxygen atoms in total. The van der Waals surface area contributed by atoms with Crippen molar-refractivity contribution in [1.29, 1.82) is 0 Å². The van der Waals surface area contributed by atoms with E-state index in [9.17, 15) is 4.79 Å². The van der Waals surface area contributed by atoms with Gasteiger partial charge in [-0.2, -0.15) is 0 Å². The van der Waals surface area contributed by atoms with E-state index in [2.05, 4.69) is 0 Å². The molecule has 0 amide bonds. The van der Waals surface area contributed by atoms with Gasteiger partial charge in [0.05, 0.1) is 6.10 Å². The molecule has 0 bridgehead atoms. The van der Waals surface area contributed by atoms with Crippen LogP contribution >= 0.6 is 0 Å². The molecule has 3 N–H and O–H groups in total. The van der Waals surface area contributed by atoms with Crippen molar-refractivity contribution in [1.82, 2.24) is 0 Å². The summed E-state index contributed by atoms with van der Waals surface area (Å²) in [6, 6.07) is 6.66. The predicted octanol–water partition coefficient (Wildman–Crippen LogP) is 1.57. The normalized spacial score (nSPS) is 17.2. The highest BCUT2D eigenvalue weighted by molar-refractivity contribution is 5.73. The topological polar surface area (TPSA) is 72.5 Å². The Morgan fingerprint density at radius 3 is 2.53 bits per heavy atom. The van der Waals surface area contributed by atoms with Gasteiger partial charge in [0.1, 0.15) is 11.8 Å². The number of aliphatic carboxylic acids is 1. The Labute approximate surface area is 100 Å². The molecule has 1 aromatic carbocycles. The van der Waals surface area contributed by atoms with Gasteiger partial charge in [-0.15, -0.1) is 0 Å². The number of benzene rings is 1. The number of carbonyl (C=O) groups is 1. The average Bonchev–Trinajstić information content (AvgIpc) is 2.25. The van der Waals surface area contributed by atoms with Crippen LogP contribution in [0.4, 0.5) is 0 Å². The zero-order valence-corrected chi connectivity index (χ0v) is 9.63. The van der Waals surface area contributed by atoms with Crippen molar-refractivity contribution in [2.75, 3.05) is 0 Å². The van der Waals surface area contributed by atoms with Gasteiger partial charge in [-0.05, 0) is 43.4 Å². The molecule has 1 aliphatic rings. The van der Waals surface area contributed by atoms with Crippen LogP contribution in [0.15, 0.2) is 24.3 Å². The van der Waals surface area contributed by atoms with Crippen molar-refractivity contribution < 1.29 is 14.6 Å². The molecule has 0 aromatic heterocycles. The number of hydrogen-bond acceptors (Lipinski definition) is 3. The summed E-state index contributed by atoms with van der Waals surface area (Å²) >= 11 is 0. The second-order valence-corrected chi connectivity index (χ2v) is 4.46. The van der Waals surface area contributed by atoms with Gasteiger partial charge >= 0.3 is 5.97 Å². The van der Waals surface area contributed by atoms with Crippen LogP contribution in [-0.4, -0.2) is 23.2 Å². The molecule has 17 heavy (non-hydrogen) atoms. The van der Waals surface area contributed by atoms with Crippen LogP contribution in [-0.2, 0) is 11.2 Å². The first-order valence-corrected chi connectivity index (χ1v) is 5.89. The predicted molar refractivity (Wildman–Crippen MR) is 64.0 cm³/mol. The SMILES string of the molecule is NC(Cc1ccc(OC2CCC2)cc1)C(=O)O. The van der Waals surface area contributed by atoms with Gasteiger partial charge in [-0.25, -0.2) is 0 Å². The highest BCUT2D eigenvalue weighted by Gasteiger charge is 2.19. The first-order chi connectivity index (χ1) is 8.15. The Hall–Kier alpha value is -1.55. The number of ether oxygens (including phenoxy) is 1. The fourth-order valence-electron chi connectivity index (χ4n) is 1.73. The van der Waals surface area contributed by atoms with Gasteiger partial charge in [0.15, 0.2) is 0 Å². The lowest BCUT2D eigenvalue weighted by atomic mass is 9.96. The van der Waals surface area contributed by atoms with Gasteiger partial charge in [0.2, 0.25) is 0 Å². The summed E-state index contributed by atoms with van der Waals surface area (Å²) in [7, 11) is 0. The number of rotatable bonds is 5. The van der Waals surface area contributed by atoms with Crippen LogP contribution in [0.5, 0.6) is 5.75 Å². The lowest BCUT2D eigenvalue weighted by Crippen LogP contribution is -2.32. The summed E-state index contributed by atoms with van der Waals surface area (Å²) in [4.78, 5) is 10.6. The molecular formula is C13H17NO3. The maximum Gasteiger partial charge on any atom is 0.320 e. The molecule has 1 fully saturated rings. The molecule has 0 saturated heterocycles. The molecule has 4 heteroatoms. The van der Waals surface area contributed by atoms with E-state index in [1.165, 1.54) is 6.42 Å². The number of carboxylic acids is 1. The second kappa shape index (κ2) is 5.19. The second-order valence-electron chi connectivity index (χ2n) is 4.46. The van der Waals surface area contributed by atoms with Crippen molar-refractivity contribution in [3.8, 4) is 5.75 Å². The Kier molecular flexibility index (Phi) is 3.64. The van der Waals surface area contributed by atoms with Crippen molar-refractivity contribution in [3.05, 3.63) is 29.8 Å². The average molecular weight is 235 g/mol. The molecule has 0 radical (unpaired) electrons. The van der Waals surface area contributed by atoms with Gasteiger partial charge in [-0.3, -0.25) is 4.79 Å². The van der Waals surface area contributed by atoms with E-state index in [-0.39, 0.29) is 0 Å². The van der Waals surface area contributed by atoms with Crippen molar-refractivity contribution in [3.63, 3.8) is 0 Å². The van der Waals surface area contributed by atoms with Gasteiger partial charge in [0, 0.05) is 0 Å². The zero-order valence-electron chi connectivity index (χ0n) is 9.63. The molecule has 1 unspecified atom stereocenters. The lowest BCUT2D eigenvalue weighted by molar-refractivity contribution is -0.138. The molecule has 1 aromatic rings. The summed E-state index contributed by atoms with van der Waals surface area (Å²) < 4.78 is 5.71. The minimum atomic E-state index is -0.972. The number of carboxylic acid groups (broad SMARTS) is 1. The maximum absolute atomic E-state index is 10.6. The van der Waals surface area contributed by atoms with Crippen LogP contribution in [0.3, 0.4) is 0 Å². The standard InChI is InChI=1S/C13H17NO3/c14-12(13(15)16)8-9-4-6-11(7-5-9)17-10-2-1-3-10/h4-7,10,12H,1-3,8,14H2,(H,15,16). The zero-order chi connectivity index (χ0) is 12.3. The summed E-state index contributed by atoms with van der Waals surface area (Å²) in [6.45, 7) is 0. The van der Waals surface area contributed by atoms with Crippen molar-refractivity contribution in [2.24, 2.45) is 5.73 Å². The van der Waals surface area contributed by atoms with Crippen molar-refractivity contribution >= 4 is 5.97 Å². The maximum atomic E-state index is 10.6. The third-order valence-corrected chi connectivity index (χ3v) is 3.05. The molecule has 0 spiro atoms. The summed E-state index contributed by atoms with van der Waals surface area (Å²) in [5.41, 5.74) is 6.38. The van der Waals surface area contributed by atoms with E-state index in [1.807, 2.05) is 24.3 Å². The number of hydrogen-bond donors (Lipinski definition) is 2. The summed E-state index contributed by atoms with van der Waals surface area (Å²) in [5.74, 6) is -0.123. The molecule has 2 rings (SSSR count). The fraction of sp³-hybridized carbons (Fsp3) is 0.462. The molecule has 1 aliphatic carbocycles. The lowest BCUT2D eigenvalue weighted by Gasteiger charge is -2.26. The summed E-state index contributed by atoms with van der Waals surface area (Å²) in [5, 5.41) is 8.71. The van der Waals surface area contributed by atoms with Gasteiger partial charge in [0.25, 0.3) is 0 Å². The smallest absolute Gasteiger partial charge is 0.320 e. The van der Waals surface area contributed by atoms with Crippen molar-refractivity contribution in [2.45, 2.75) is 37.8 Å². The molecule has 0 heterocycles. The molecular weight excluding hydrogens is 218 g/mol. The van der Waals surface area contributed by atoms with E-state index in [0.717, 1.165) is 24.2 Å². The fourth-order valence-corrected chi connectivity index (χ4v) is 1.73. The monoisotopic (exact) mass is 235 g/mol. The van der Waals surface area contributed by atoms with Crippen LogP contribution in [0.1, 0.15) is 24.8 Å². The molecule has 92 valence electrons. The van der Waals surface area contributed by atoms with E-state index in [1.54, 1.807) is 0 Å². The Balaban J connectivity index is 1.90. The van der Waals surface area contributed by atoms with Crippen LogP contribution < -0.4 is 10.5 Å². The number of nitrogens with two attached hydrogens (primary N) is 1. The van der Waals surface area contributed by atoms with E-state index in [4.69, 9.17) is 15.6 Å². The van der Waals surface area contributed by atoms with E-state index >= 15 is 0 Å². The van der Waals surface area contributed by atoms with Crippen LogP contribution in [0.2, 0.25) is 0 Å². The van der Waals surface area contributed by atoms with Crippen LogP contribution in [0.25, 0.3) is 0 Å². The Morgan fingerprint density at radius 2 is 2.06 bits per heavy atom. The Bertz CT molecular complexity index is 384. The van der Waals surface area contributed by atoms with Gasteiger partial charge in [-0.1, -0.05) is 12.1 Å². The molecule has 0 aliphatic heterocycles. The quantitative estimate of drug-likeness (QED) is 0.812. The summed E-state index contributed by atoms with van der Waals surface area (Å²) in [6.07, 6.45) is 4.22. The van der Waals surface area contributed by atoms with E-state index < -0.39 is 12.0 Å². The van der Waals surface area contributed by atoms with E-state index in [0.29, 0.717) is 12.5 Å². The molecule has 1 saturated carbocycles. The highest BCUT2D eigenvalue weighted by atomic mass is 16.5. The third kappa shape index (κ3) is 3.20.